The van der Waals surface area contributed by atoms with Crippen LogP contribution in [0.3, 0.4) is 0 Å². The monoisotopic (exact) mass is 240 g/mol. The first-order chi connectivity index (χ1) is 8.01. The van der Waals surface area contributed by atoms with Gasteiger partial charge in [0.15, 0.2) is 11.5 Å². The van der Waals surface area contributed by atoms with Gasteiger partial charge in [-0.3, -0.25) is 0 Å². The number of aliphatic hydroxyl groups excluding tert-OH is 2. The van der Waals surface area contributed by atoms with Gasteiger partial charge in [0.1, 0.15) is 0 Å². The molecule has 3 unspecified atom stereocenters. The van der Waals surface area contributed by atoms with Crippen LogP contribution in [-0.2, 0) is 0 Å². The smallest absolute Gasteiger partial charge is 0.160 e. The second-order valence-corrected chi connectivity index (χ2v) is 4.40. The van der Waals surface area contributed by atoms with Gasteiger partial charge >= 0.3 is 0 Å². The number of benzene rings is 1. The maximum Gasteiger partial charge on any atom is 0.160 e. The third-order valence-electron chi connectivity index (χ3n) is 3.23. The third kappa shape index (κ3) is 3.11. The molecule has 3 N–H and O–H groups in total. The van der Waals surface area contributed by atoms with Crippen LogP contribution >= 0.6 is 0 Å². The maximum absolute atomic E-state index is 10.1. The molecule has 4 heteroatoms. The lowest BCUT2D eigenvalue weighted by atomic mass is 9.87. The Bertz CT molecular complexity index is 364. The number of hydrogen-bond acceptors (Lipinski definition) is 4. The predicted octanol–water partition coefficient (Wildman–Crippen LogP) is 1.70. The van der Waals surface area contributed by atoms with E-state index in [9.17, 15) is 10.2 Å². The molecule has 17 heavy (non-hydrogen) atoms. The molecular formula is C13H20O4. The summed E-state index contributed by atoms with van der Waals surface area (Å²) >= 11 is 0. The molecule has 1 aromatic rings. The zero-order valence-electron chi connectivity index (χ0n) is 10.4. The summed E-state index contributed by atoms with van der Waals surface area (Å²) in [5.74, 6) is 0.291. The largest absolute Gasteiger partial charge is 0.504 e. The number of rotatable bonds is 5. The van der Waals surface area contributed by atoms with E-state index in [1.54, 1.807) is 12.1 Å². The van der Waals surface area contributed by atoms with Crippen molar-refractivity contribution in [3.8, 4) is 11.5 Å². The summed E-state index contributed by atoms with van der Waals surface area (Å²) in [6, 6.07) is 4.82. The molecular weight excluding hydrogens is 220 g/mol. The standard InChI is InChI=1S/C13H20O4/c1-8(7-14)9(2)13(16)10-4-5-12(17-3)11(15)6-10/h4-6,8-9,13-16H,7H2,1-3H3. The number of aromatic hydroxyl groups is 1. The van der Waals surface area contributed by atoms with Crippen molar-refractivity contribution < 1.29 is 20.1 Å². The highest BCUT2D eigenvalue weighted by Gasteiger charge is 2.22. The average Bonchev–Trinajstić information content (AvgIpc) is 2.35. The van der Waals surface area contributed by atoms with E-state index in [4.69, 9.17) is 9.84 Å². The van der Waals surface area contributed by atoms with E-state index in [1.807, 2.05) is 13.8 Å². The van der Waals surface area contributed by atoms with E-state index in [0.29, 0.717) is 11.3 Å². The maximum atomic E-state index is 10.1. The summed E-state index contributed by atoms with van der Waals surface area (Å²) in [6.45, 7) is 3.77. The van der Waals surface area contributed by atoms with Crippen molar-refractivity contribution in [1.82, 2.24) is 0 Å². The van der Waals surface area contributed by atoms with Crippen molar-refractivity contribution in [3.63, 3.8) is 0 Å². The van der Waals surface area contributed by atoms with Crippen LogP contribution in [0, 0.1) is 11.8 Å². The van der Waals surface area contributed by atoms with Crippen molar-refractivity contribution in [2.24, 2.45) is 11.8 Å². The summed E-state index contributed by atoms with van der Waals surface area (Å²) in [5.41, 5.74) is 0.621. The zero-order chi connectivity index (χ0) is 13.0. The molecule has 0 radical (unpaired) electrons. The Labute approximate surface area is 101 Å². The number of methoxy groups -OCH3 is 1. The summed E-state index contributed by atoms with van der Waals surface area (Å²) in [4.78, 5) is 0. The Hall–Kier alpha value is -1.26. The Morgan fingerprint density at radius 1 is 1.29 bits per heavy atom. The van der Waals surface area contributed by atoms with Gasteiger partial charge in [0.25, 0.3) is 0 Å². The van der Waals surface area contributed by atoms with E-state index in [0.717, 1.165) is 0 Å². The van der Waals surface area contributed by atoms with Crippen LogP contribution in [-0.4, -0.2) is 29.0 Å². The molecule has 0 aliphatic carbocycles. The van der Waals surface area contributed by atoms with E-state index >= 15 is 0 Å². The fourth-order valence-corrected chi connectivity index (χ4v) is 1.67. The van der Waals surface area contributed by atoms with Gasteiger partial charge in [-0.05, 0) is 29.5 Å². The van der Waals surface area contributed by atoms with Gasteiger partial charge in [-0.15, -0.1) is 0 Å². The molecule has 3 atom stereocenters. The summed E-state index contributed by atoms with van der Waals surface area (Å²) < 4.78 is 4.94. The third-order valence-corrected chi connectivity index (χ3v) is 3.23. The first-order valence-corrected chi connectivity index (χ1v) is 5.67. The van der Waals surface area contributed by atoms with Crippen LogP contribution in [0.5, 0.6) is 11.5 Å². The summed E-state index contributed by atoms with van der Waals surface area (Å²) in [6.07, 6.45) is -0.714. The van der Waals surface area contributed by atoms with Crippen LogP contribution in [0.2, 0.25) is 0 Å². The molecule has 0 fully saturated rings. The molecule has 0 aliphatic heterocycles. The van der Waals surface area contributed by atoms with Crippen LogP contribution in [0.4, 0.5) is 0 Å². The van der Waals surface area contributed by atoms with E-state index < -0.39 is 6.10 Å². The number of hydrogen-bond donors (Lipinski definition) is 3. The van der Waals surface area contributed by atoms with E-state index in [1.165, 1.54) is 13.2 Å². The molecule has 1 aromatic carbocycles. The number of phenols is 1. The van der Waals surface area contributed by atoms with Gasteiger partial charge in [-0.25, -0.2) is 0 Å². The van der Waals surface area contributed by atoms with Crippen LogP contribution in [0.15, 0.2) is 18.2 Å². The Balaban J connectivity index is 2.89. The molecule has 0 spiro atoms. The quantitative estimate of drug-likeness (QED) is 0.732. The van der Waals surface area contributed by atoms with Crippen molar-refractivity contribution in [2.75, 3.05) is 13.7 Å². The lowest BCUT2D eigenvalue weighted by Crippen LogP contribution is -2.19. The molecule has 1 rings (SSSR count). The fourth-order valence-electron chi connectivity index (χ4n) is 1.67. The van der Waals surface area contributed by atoms with Gasteiger partial charge in [-0.1, -0.05) is 19.9 Å². The first kappa shape index (κ1) is 13.8. The predicted molar refractivity (Wildman–Crippen MR) is 65.0 cm³/mol. The normalized spacial score (nSPS) is 16.3. The number of phenolic OH excluding ortho intramolecular Hbond substituents is 1. The van der Waals surface area contributed by atoms with E-state index in [2.05, 4.69) is 0 Å². The lowest BCUT2D eigenvalue weighted by Gasteiger charge is -2.24. The van der Waals surface area contributed by atoms with Gasteiger partial charge in [0.2, 0.25) is 0 Å². The molecule has 0 aliphatic rings. The van der Waals surface area contributed by atoms with Gasteiger partial charge in [0.05, 0.1) is 13.2 Å². The molecule has 0 heterocycles. The zero-order valence-corrected chi connectivity index (χ0v) is 10.4. The Kier molecular flexibility index (Phi) is 4.78. The average molecular weight is 240 g/mol. The van der Waals surface area contributed by atoms with Gasteiger partial charge < -0.3 is 20.1 Å². The number of ether oxygens (including phenoxy) is 1. The minimum Gasteiger partial charge on any atom is -0.504 e. The molecule has 96 valence electrons. The van der Waals surface area contributed by atoms with Crippen LogP contribution in [0.1, 0.15) is 25.5 Å². The second kappa shape index (κ2) is 5.89. The van der Waals surface area contributed by atoms with Crippen molar-refractivity contribution in [1.29, 1.82) is 0 Å². The minimum absolute atomic E-state index is 0.00533. The number of aliphatic hydroxyl groups is 2. The van der Waals surface area contributed by atoms with Crippen molar-refractivity contribution in [3.05, 3.63) is 23.8 Å². The van der Waals surface area contributed by atoms with Crippen molar-refractivity contribution in [2.45, 2.75) is 20.0 Å². The van der Waals surface area contributed by atoms with Gasteiger partial charge in [-0.2, -0.15) is 0 Å². The molecule has 0 saturated carbocycles. The highest BCUT2D eigenvalue weighted by molar-refractivity contribution is 5.42. The van der Waals surface area contributed by atoms with Crippen LogP contribution < -0.4 is 4.74 Å². The summed E-state index contributed by atoms with van der Waals surface area (Å²) in [7, 11) is 1.47. The Morgan fingerprint density at radius 3 is 2.41 bits per heavy atom. The SMILES string of the molecule is COc1ccc(C(O)C(C)C(C)CO)cc1O. The first-order valence-electron chi connectivity index (χ1n) is 5.67. The molecule has 0 saturated heterocycles. The summed E-state index contributed by atoms with van der Waals surface area (Å²) in [5, 5.41) is 28.8. The molecule has 0 aromatic heterocycles. The van der Waals surface area contributed by atoms with Crippen LogP contribution in [0.25, 0.3) is 0 Å². The van der Waals surface area contributed by atoms with Crippen molar-refractivity contribution >= 4 is 0 Å². The minimum atomic E-state index is -0.714. The highest BCUT2D eigenvalue weighted by Crippen LogP contribution is 2.33. The lowest BCUT2D eigenvalue weighted by molar-refractivity contribution is 0.0640. The van der Waals surface area contributed by atoms with Gasteiger partial charge in [0, 0.05) is 6.61 Å². The highest BCUT2D eigenvalue weighted by atomic mass is 16.5. The fraction of sp³-hybridized carbons (Fsp3) is 0.538. The van der Waals surface area contributed by atoms with E-state index in [-0.39, 0.29) is 24.2 Å². The molecule has 0 bridgehead atoms. The molecule has 0 amide bonds. The topological polar surface area (TPSA) is 69.9 Å². The second-order valence-electron chi connectivity index (χ2n) is 4.40. The molecule has 4 nitrogen and oxygen atoms in total. The Morgan fingerprint density at radius 2 is 1.94 bits per heavy atom.